The van der Waals surface area contributed by atoms with Crippen LogP contribution in [0.4, 0.5) is 0 Å². The summed E-state index contributed by atoms with van der Waals surface area (Å²) in [5, 5.41) is 17.3. The zero-order valence-electron chi connectivity index (χ0n) is 6.77. The van der Waals surface area contributed by atoms with Gasteiger partial charge in [0.05, 0.1) is 0 Å². The third-order valence-corrected chi connectivity index (χ3v) is 1.68. The number of hydrogen-bond acceptors (Lipinski definition) is 3. The van der Waals surface area contributed by atoms with Gasteiger partial charge in [-0.15, -0.1) is 0 Å². The van der Waals surface area contributed by atoms with Gasteiger partial charge in [-0.05, 0) is 11.1 Å². The second kappa shape index (κ2) is 4.21. The summed E-state index contributed by atoms with van der Waals surface area (Å²) in [6, 6.07) is 7.47. The van der Waals surface area contributed by atoms with Crippen molar-refractivity contribution in [2.45, 2.75) is 19.3 Å². The summed E-state index contributed by atoms with van der Waals surface area (Å²) in [7, 11) is 0. The van der Waals surface area contributed by atoms with Gasteiger partial charge in [0.1, 0.15) is 0 Å². The van der Waals surface area contributed by atoms with Crippen molar-refractivity contribution in [3.05, 3.63) is 35.4 Å². The van der Waals surface area contributed by atoms with Crippen LogP contribution >= 0.6 is 0 Å². The Labute approximate surface area is 71.5 Å². The summed E-state index contributed by atoms with van der Waals surface area (Å²) in [6.45, 7) is 0.516. The molecule has 1 aromatic carbocycles. The van der Waals surface area contributed by atoms with E-state index in [1.807, 2.05) is 24.3 Å². The molecular weight excluding hydrogens is 154 g/mol. The number of aliphatic hydroxyl groups is 2. The highest BCUT2D eigenvalue weighted by Gasteiger charge is 1.99. The van der Waals surface area contributed by atoms with Crippen molar-refractivity contribution >= 4 is 0 Å². The lowest BCUT2D eigenvalue weighted by Crippen LogP contribution is -2.08. The maximum absolute atomic E-state index is 8.66. The first kappa shape index (κ1) is 9.19. The van der Waals surface area contributed by atoms with Crippen molar-refractivity contribution in [1.29, 1.82) is 0 Å². The molecule has 1 aromatic rings. The summed E-state index contributed by atoms with van der Waals surface area (Å²) in [5.74, 6) is 0. The van der Waals surface area contributed by atoms with Crippen LogP contribution in [0.5, 0.6) is 0 Å². The molecule has 0 heterocycles. The Hall–Kier alpha value is -0.900. The Bertz CT molecular complexity index is 231. The van der Waals surface area contributed by atoms with Gasteiger partial charge >= 0.3 is 0 Å². The normalized spacial score (nSPS) is 10.7. The van der Waals surface area contributed by atoms with Gasteiger partial charge in [-0.1, -0.05) is 24.3 Å². The number of hydrogen-bond donors (Lipinski definition) is 3. The number of benzene rings is 1. The van der Waals surface area contributed by atoms with Crippen LogP contribution in [0.15, 0.2) is 24.3 Å². The van der Waals surface area contributed by atoms with Crippen molar-refractivity contribution in [3.8, 4) is 0 Å². The van der Waals surface area contributed by atoms with Gasteiger partial charge < -0.3 is 15.9 Å². The minimum atomic E-state index is -1.27. The van der Waals surface area contributed by atoms with Crippen molar-refractivity contribution < 1.29 is 10.2 Å². The van der Waals surface area contributed by atoms with E-state index in [1.165, 1.54) is 0 Å². The van der Waals surface area contributed by atoms with Gasteiger partial charge in [-0.25, -0.2) is 0 Å². The average Bonchev–Trinajstić information content (AvgIpc) is 2.05. The summed E-state index contributed by atoms with van der Waals surface area (Å²) in [5.41, 5.74) is 7.35. The van der Waals surface area contributed by atoms with E-state index in [1.54, 1.807) is 0 Å². The minimum absolute atomic E-state index is 0.269. The molecule has 4 N–H and O–H groups in total. The molecule has 0 aliphatic heterocycles. The first-order valence-electron chi connectivity index (χ1n) is 3.86. The summed E-state index contributed by atoms with van der Waals surface area (Å²) in [6.07, 6.45) is -1.00. The van der Waals surface area contributed by atoms with Gasteiger partial charge in [0.25, 0.3) is 0 Å². The molecule has 3 heteroatoms. The Morgan fingerprint density at radius 1 is 1.08 bits per heavy atom. The minimum Gasteiger partial charge on any atom is -0.368 e. The first-order chi connectivity index (χ1) is 5.72. The molecule has 0 fully saturated rings. The standard InChI is InChI=1S/C9H13NO2/c10-6-8-3-1-7(2-4-8)5-9(11)12/h1-4,9,11-12H,5-6,10H2. The highest BCUT2D eigenvalue weighted by Crippen LogP contribution is 2.05. The van der Waals surface area contributed by atoms with E-state index in [9.17, 15) is 0 Å². The van der Waals surface area contributed by atoms with E-state index in [0.29, 0.717) is 6.54 Å². The molecule has 0 atom stereocenters. The van der Waals surface area contributed by atoms with Crippen molar-refractivity contribution in [2.75, 3.05) is 0 Å². The Morgan fingerprint density at radius 3 is 2.00 bits per heavy atom. The Morgan fingerprint density at radius 2 is 1.58 bits per heavy atom. The molecule has 0 saturated heterocycles. The molecular formula is C9H13NO2. The third-order valence-electron chi connectivity index (χ3n) is 1.68. The number of nitrogens with two attached hydrogens (primary N) is 1. The van der Waals surface area contributed by atoms with Gasteiger partial charge in [0.2, 0.25) is 0 Å². The molecule has 0 amide bonds. The topological polar surface area (TPSA) is 66.5 Å². The Kier molecular flexibility index (Phi) is 3.22. The van der Waals surface area contributed by atoms with Gasteiger partial charge in [0.15, 0.2) is 6.29 Å². The monoisotopic (exact) mass is 167 g/mol. The molecule has 12 heavy (non-hydrogen) atoms. The fourth-order valence-electron chi connectivity index (χ4n) is 1.02. The van der Waals surface area contributed by atoms with Crippen molar-refractivity contribution in [1.82, 2.24) is 0 Å². The molecule has 1 rings (SSSR count). The maximum atomic E-state index is 8.66. The van der Waals surface area contributed by atoms with E-state index >= 15 is 0 Å². The molecule has 0 radical (unpaired) electrons. The second-order valence-electron chi connectivity index (χ2n) is 2.71. The van der Waals surface area contributed by atoms with Crippen LogP contribution in [-0.4, -0.2) is 16.5 Å². The van der Waals surface area contributed by atoms with Crippen LogP contribution in [0.1, 0.15) is 11.1 Å². The van der Waals surface area contributed by atoms with Crippen LogP contribution in [-0.2, 0) is 13.0 Å². The van der Waals surface area contributed by atoms with Crippen LogP contribution in [0.3, 0.4) is 0 Å². The van der Waals surface area contributed by atoms with Crippen LogP contribution in [0.2, 0.25) is 0 Å². The number of rotatable bonds is 3. The largest absolute Gasteiger partial charge is 0.368 e. The second-order valence-corrected chi connectivity index (χ2v) is 2.71. The Balaban J connectivity index is 2.65. The number of aliphatic hydroxyl groups excluding tert-OH is 1. The van der Waals surface area contributed by atoms with E-state index in [0.717, 1.165) is 11.1 Å². The van der Waals surface area contributed by atoms with E-state index in [-0.39, 0.29) is 6.42 Å². The smallest absolute Gasteiger partial charge is 0.155 e. The molecule has 0 spiro atoms. The highest BCUT2D eigenvalue weighted by atomic mass is 16.5. The van der Waals surface area contributed by atoms with E-state index < -0.39 is 6.29 Å². The maximum Gasteiger partial charge on any atom is 0.155 e. The first-order valence-corrected chi connectivity index (χ1v) is 3.86. The fraction of sp³-hybridized carbons (Fsp3) is 0.333. The van der Waals surface area contributed by atoms with Crippen LogP contribution in [0, 0.1) is 0 Å². The fourth-order valence-corrected chi connectivity index (χ4v) is 1.02. The van der Waals surface area contributed by atoms with Gasteiger partial charge in [0, 0.05) is 13.0 Å². The molecule has 3 nitrogen and oxygen atoms in total. The van der Waals surface area contributed by atoms with Gasteiger partial charge in [-0.3, -0.25) is 0 Å². The van der Waals surface area contributed by atoms with E-state index in [4.69, 9.17) is 15.9 Å². The lowest BCUT2D eigenvalue weighted by atomic mass is 10.1. The zero-order chi connectivity index (χ0) is 8.97. The van der Waals surface area contributed by atoms with Crippen molar-refractivity contribution in [3.63, 3.8) is 0 Å². The summed E-state index contributed by atoms with van der Waals surface area (Å²) in [4.78, 5) is 0. The summed E-state index contributed by atoms with van der Waals surface area (Å²) < 4.78 is 0. The lowest BCUT2D eigenvalue weighted by Gasteiger charge is -2.03. The third kappa shape index (κ3) is 2.62. The lowest BCUT2D eigenvalue weighted by molar-refractivity contribution is -0.0381. The molecule has 66 valence electrons. The average molecular weight is 167 g/mol. The molecule has 0 unspecified atom stereocenters. The van der Waals surface area contributed by atoms with E-state index in [2.05, 4.69) is 0 Å². The zero-order valence-corrected chi connectivity index (χ0v) is 6.77. The molecule has 0 aliphatic rings. The molecule has 0 aliphatic carbocycles. The van der Waals surface area contributed by atoms with Crippen LogP contribution < -0.4 is 5.73 Å². The molecule has 0 saturated carbocycles. The highest BCUT2D eigenvalue weighted by molar-refractivity contribution is 5.22. The molecule has 0 bridgehead atoms. The molecule has 0 aromatic heterocycles. The van der Waals surface area contributed by atoms with Crippen LogP contribution in [0.25, 0.3) is 0 Å². The predicted octanol–water partition coefficient (Wildman–Crippen LogP) is -0.00150. The SMILES string of the molecule is NCc1ccc(CC(O)O)cc1. The van der Waals surface area contributed by atoms with Gasteiger partial charge in [-0.2, -0.15) is 0 Å². The summed E-state index contributed by atoms with van der Waals surface area (Å²) >= 11 is 0. The predicted molar refractivity (Wildman–Crippen MR) is 46.3 cm³/mol. The quantitative estimate of drug-likeness (QED) is 0.555. The van der Waals surface area contributed by atoms with Crippen molar-refractivity contribution in [2.24, 2.45) is 5.73 Å².